The van der Waals surface area contributed by atoms with Crippen LogP contribution in [0, 0.1) is 0 Å². The van der Waals surface area contributed by atoms with Gasteiger partial charge in [-0.2, -0.15) is 0 Å². The average Bonchev–Trinajstić information content (AvgIpc) is 3.20. The largest absolute Gasteiger partial charge is 0.0622 e. The summed E-state index contributed by atoms with van der Waals surface area (Å²) in [7, 11) is 0. The highest BCUT2D eigenvalue weighted by Gasteiger charge is 2.24. The van der Waals surface area contributed by atoms with Crippen LogP contribution >= 0.6 is 0 Å². The molecule has 0 aliphatic heterocycles. The lowest BCUT2D eigenvalue weighted by atomic mass is 9.89. The first-order valence-corrected chi connectivity index (χ1v) is 11.9. The summed E-state index contributed by atoms with van der Waals surface area (Å²) < 4.78 is 0. The molecule has 0 aromatic heterocycles. The molecular formula is C34H20. The molecule has 0 spiro atoms. The van der Waals surface area contributed by atoms with Gasteiger partial charge in [-0.1, -0.05) is 97.1 Å². The molecule has 1 aliphatic carbocycles. The SMILES string of the molecule is c1ccc(-c2c3ccccc3cc3cc4c(cc23)-c2cc3ccccc3c3cccc-4c23)cc1. The van der Waals surface area contributed by atoms with E-state index in [0.29, 0.717) is 0 Å². The van der Waals surface area contributed by atoms with E-state index in [1.165, 1.54) is 76.5 Å². The molecule has 0 amide bonds. The molecule has 0 N–H and O–H groups in total. The quantitative estimate of drug-likeness (QED) is 0.180. The van der Waals surface area contributed by atoms with Crippen molar-refractivity contribution in [3.8, 4) is 33.4 Å². The molecule has 0 heteroatoms. The number of fused-ring (bicyclic) bond motifs is 7. The van der Waals surface area contributed by atoms with Crippen molar-refractivity contribution in [2.24, 2.45) is 0 Å². The van der Waals surface area contributed by atoms with Gasteiger partial charge in [-0.15, -0.1) is 0 Å². The summed E-state index contributed by atoms with van der Waals surface area (Å²) >= 11 is 0. The molecule has 0 unspecified atom stereocenters. The Morgan fingerprint density at radius 2 is 0.971 bits per heavy atom. The fourth-order valence-corrected chi connectivity index (χ4v) is 6.08. The summed E-state index contributed by atoms with van der Waals surface area (Å²) in [6, 6.07) is 44.8. The lowest BCUT2D eigenvalue weighted by molar-refractivity contribution is 1.67. The maximum absolute atomic E-state index is 2.45. The number of benzene rings is 7. The maximum Gasteiger partial charge on any atom is -0.00199 e. The molecule has 8 rings (SSSR count). The van der Waals surface area contributed by atoms with Crippen molar-refractivity contribution in [1.29, 1.82) is 0 Å². The van der Waals surface area contributed by atoms with Crippen molar-refractivity contribution in [3.05, 3.63) is 121 Å². The van der Waals surface area contributed by atoms with E-state index in [4.69, 9.17) is 0 Å². The first-order chi connectivity index (χ1) is 16.9. The Morgan fingerprint density at radius 3 is 1.82 bits per heavy atom. The van der Waals surface area contributed by atoms with E-state index in [-0.39, 0.29) is 0 Å². The van der Waals surface area contributed by atoms with Gasteiger partial charge in [-0.3, -0.25) is 0 Å². The van der Waals surface area contributed by atoms with Gasteiger partial charge in [0, 0.05) is 0 Å². The van der Waals surface area contributed by atoms with Gasteiger partial charge in [0.25, 0.3) is 0 Å². The topological polar surface area (TPSA) is 0 Å². The van der Waals surface area contributed by atoms with Crippen LogP contribution in [0.2, 0.25) is 0 Å². The lowest BCUT2D eigenvalue weighted by Gasteiger charge is -2.14. The third kappa shape index (κ3) is 2.32. The first kappa shape index (κ1) is 18.1. The van der Waals surface area contributed by atoms with Crippen LogP contribution in [-0.4, -0.2) is 0 Å². The predicted octanol–water partition coefficient (Wildman–Crippen LogP) is 9.61. The van der Waals surface area contributed by atoms with E-state index in [2.05, 4.69) is 121 Å². The Labute approximate surface area is 197 Å². The Morgan fingerprint density at radius 1 is 0.324 bits per heavy atom. The van der Waals surface area contributed by atoms with Crippen LogP contribution in [0.1, 0.15) is 0 Å². The van der Waals surface area contributed by atoms with Gasteiger partial charge in [-0.05, 0) is 101 Å². The fourth-order valence-electron chi connectivity index (χ4n) is 6.08. The minimum absolute atomic E-state index is 1.27. The van der Waals surface area contributed by atoms with Crippen LogP contribution in [0.5, 0.6) is 0 Å². The molecule has 7 aromatic rings. The van der Waals surface area contributed by atoms with Crippen LogP contribution in [0.4, 0.5) is 0 Å². The standard InChI is InChI=1S/C34H20/c1-2-9-21(10-3-1)33-26-14-7-5-11-22(26)17-24-19-30-28-16-8-15-27-25-13-6-4-12-23(25)18-32(34(27)28)31(30)20-29(24)33/h1-20H. The van der Waals surface area contributed by atoms with Crippen LogP contribution in [0.25, 0.3) is 76.5 Å². The third-order valence-corrected chi connectivity index (χ3v) is 7.53. The zero-order valence-electron chi connectivity index (χ0n) is 18.5. The van der Waals surface area contributed by atoms with E-state index in [1.807, 2.05) is 0 Å². The van der Waals surface area contributed by atoms with Crippen LogP contribution in [0.15, 0.2) is 121 Å². The van der Waals surface area contributed by atoms with Crippen molar-refractivity contribution in [2.45, 2.75) is 0 Å². The molecule has 0 heterocycles. The van der Waals surface area contributed by atoms with Crippen molar-refractivity contribution in [3.63, 3.8) is 0 Å². The average molecular weight is 429 g/mol. The van der Waals surface area contributed by atoms with E-state index < -0.39 is 0 Å². The van der Waals surface area contributed by atoms with Crippen LogP contribution < -0.4 is 0 Å². The maximum atomic E-state index is 2.45. The van der Waals surface area contributed by atoms with Crippen molar-refractivity contribution in [1.82, 2.24) is 0 Å². The Kier molecular flexibility index (Phi) is 3.48. The number of hydrogen-bond donors (Lipinski definition) is 0. The van der Waals surface area contributed by atoms with E-state index in [0.717, 1.165) is 0 Å². The summed E-state index contributed by atoms with van der Waals surface area (Å²) in [6.07, 6.45) is 0. The van der Waals surface area contributed by atoms with Gasteiger partial charge in [0.15, 0.2) is 0 Å². The molecule has 0 fully saturated rings. The van der Waals surface area contributed by atoms with Crippen molar-refractivity contribution >= 4 is 43.1 Å². The summed E-state index contributed by atoms with van der Waals surface area (Å²) in [5.74, 6) is 0. The highest BCUT2D eigenvalue weighted by Crippen LogP contribution is 2.51. The Balaban J connectivity index is 1.56. The normalized spacial score (nSPS) is 12.1. The van der Waals surface area contributed by atoms with Gasteiger partial charge in [-0.25, -0.2) is 0 Å². The second-order valence-corrected chi connectivity index (χ2v) is 9.33. The number of rotatable bonds is 1. The summed E-state index contributed by atoms with van der Waals surface area (Å²) in [4.78, 5) is 0. The minimum Gasteiger partial charge on any atom is -0.0622 e. The second kappa shape index (κ2) is 6.56. The molecule has 0 saturated heterocycles. The van der Waals surface area contributed by atoms with Gasteiger partial charge in [0.05, 0.1) is 0 Å². The second-order valence-electron chi connectivity index (χ2n) is 9.33. The molecule has 34 heavy (non-hydrogen) atoms. The first-order valence-electron chi connectivity index (χ1n) is 11.9. The van der Waals surface area contributed by atoms with Crippen molar-refractivity contribution < 1.29 is 0 Å². The van der Waals surface area contributed by atoms with E-state index in [1.54, 1.807) is 0 Å². The zero-order valence-corrected chi connectivity index (χ0v) is 18.5. The van der Waals surface area contributed by atoms with Gasteiger partial charge < -0.3 is 0 Å². The molecule has 0 radical (unpaired) electrons. The van der Waals surface area contributed by atoms with Gasteiger partial charge >= 0.3 is 0 Å². The molecule has 7 aromatic carbocycles. The molecule has 1 aliphatic rings. The number of hydrogen-bond acceptors (Lipinski definition) is 0. The zero-order chi connectivity index (χ0) is 22.2. The monoisotopic (exact) mass is 428 g/mol. The van der Waals surface area contributed by atoms with Crippen molar-refractivity contribution in [2.75, 3.05) is 0 Å². The molecule has 156 valence electrons. The smallest absolute Gasteiger partial charge is 0.00199 e. The lowest BCUT2D eigenvalue weighted by Crippen LogP contribution is -1.87. The minimum atomic E-state index is 1.27. The van der Waals surface area contributed by atoms with Gasteiger partial charge in [0.1, 0.15) is 0 Å². The van der Waals surface area contributed by atoms with E-state index in [9.17, 15) is 0 Å². The summed E-state index contributed by atoms with van der Waals surface area (Å²) in [5, 5.41) is 10.6. The molecule has 0 bridgehead atoms. The predicted molar refractivity (Wildman–Crippen MR) is 146 cm³/mol. The van der Waals surface area contributed by atoms with Gasteiger partial charge in [0.2, 0.25) is 0 Å². The Bertz CT molecular complexity index is 1940. The van der Waals surface area contributed by atoms with E-state index >= 15 is 0 Å². The molecule has 0 nitrogen and oxygen atoms in total. The highest BCUT2D eigenvalue weighted by molar-refractivity contribution is 6.25. The Hall–Kier alpha value is -4.42. The fraction of sp³-hybridized carbons (Fsp3) is 0. The molecule has 0 saturated carbocycles. The molecule has 0 atom stereocenters. The molecular weight excluding hydrogens is 408 g/mol. The highest BCUT2D eigenvalue weighted by atomic mass is 14.3. The van der Waals surface area contributed by atoms with Crippen LogP contribution in [0.3, 0.4) is 0 Å². The summed E-state index contributed by atoms with van der Waals surface area (Å²) in [5.41, 5.74) is 7.99. The third-order valence-electron chi connectivity index (χ3n) is 7.53. The van der Waals surface area contributed by atoms with Crippen LogP contribution in [-0.2, 0) is 0 Å². The summed E-state index contributed by atoms with van der Waals surface area (Å²) in [6.45, 7) is 0.